The first-order chi connectivity index (χ1) is 11.1. The van der Waals surface area contributed by atoms with Gasteiger partial charge in [0, 0.05) is 11.5 Å². The first-order valence-electron chi connectivity index (χ1n) is 7.49. The zero-order valence-corrected chi connectivity index (χ0v) is 13.3. The third kappa shape index (κ3) is 3.04. The average Bonchev–Trinajstić information content (AvgIpc) is 2.87. The molecule has 0 unspecified atom stereocenters. The lowest BCUT2D eigenvalue weighted by Crippen LogP contribution is -2.12. The van der Waals surface area contributed by atoms with E-state index in [1.165, 1.54) is 0 Å². The van der Waals surface area contributed by atoms with Crippen LogP contribution < -0.4 is 10.1 Å². The molecule has 1 amide bonds. The number of hydrogen-bond donors (Lipinski definition) is 1. The number of carbonyl (C=O) groups excluding carboxylic acids is 1. The van der Waals surface area contributed by atoms with Crippen LogP contribution in [0.15, 0.2) is 40.8 Å². The predicted octanol–water partition coefficient (Wildman–Crippen LogP) is 4.10. The maximum absolute atomic E-state index is 12.5. The van der Waals surface area contributed by atoms with Gasteiger partial charge in [-0.2, -0.15) is 0 Å². The molecule has 0 aliphatic carbocycles. The van der Waals surface area contributed by atoms with Crippen LogP contribution in [0.1, 0.15) is 28.8 Å². The van der Waals surface area contributed by atoms with E-state index in [0.29, 0.717) is 40.8 Å². The topological polar surface area (TPSA) is 64.4 Å². The van der Waals surface area contributed by atoms with Crippen molar-refractivity contribution in [2.45, 2.75) is 20.8 Å². The fraction of sp³-hybridized carbons (Fsp3) is 0.222. The van der Waals surface area contributed by atoms with E-state index in [0.717, 1.165) is 5.39 Å². The van der Waals surface area contributed by atoms with E-state index in [-0.39, 0.29) is 5.91 Å². The van der Waals surface area contributed by atoms with Gasteiger partial charge in [-0.1, -0.05) is 12.1 Å². The molecule has 1 aromatic carbocycles. The Morgan fingerprint density at radius 3 is 2.78 bits per heavy atom. The Morgan fingerprint density at radius 1 is 1.26 bits per heavy atom. The summed E-state index contributed by atoms with van der Waals surface area (Å²) in [6, 6.07) is 11.1. The minimum atomic E-state index is -0.213. The number of carbonyl (C=O) groups is 1. The number of benzene rings is 1. The van der Waals surface area contributed by atoms with Gasteiger partial charge in [-0.05, 0) is 39.0 Å². The molecule has 0 radical (unpaired) electrons. The third-order valence-corrected chi connectivity index (χ3v) is 3.52. The highest BCUT2D eigenvalue weighted by Gasteiger charge is 2.15. The number of rotatable bonds is 4. The monoisotopic (exact) mass is 310 g/mol. The Labute approximate surface area is 134 Å². The summed E-state index contributed by atoms with van der Waals surface area (Å²) in [6.45, 7) is 6.04. The van der Waals surface area contributed by atoms with Crippen LogP contribution >= 0.6 is 0 Å². The first-order valence-corrected chi connectivity index (χ1v) is 7.49. The molecule has 0 saturated heterocycles. The van der Waals surface area contributed by atoms with E-state index in [2.05, 4.69) is 10.3 Å². The molecule has 3 aromatic rings. The van der Waals surface area contributed by atoms with Crippen molar-refractivity contribution in [3.05, 3.63) is 53.5 Å². The number of para-hydroxylation sites is 1. The van der Waals surface area contributed by atoms with Crippen molar-refractivity contribution in [1.29, 1.82) is 0 Å². The summed E-state index contributed by atoms with van der Waals surface area (Å²) in [6.07, 6.45) is 0. The van der Waals surface area contributed by atoms with Gasteiger partial charge in [0.25, 0.3) is 5.91 Å². The number of anilines is 1. The molecule has 5 nitrogen and oxygen atoms in total. The number of fused-ring (bicyclic) bond motifs is 1. The summed E-state index contributed by atoms with van der Waals surface area (Å²) in [5.74, 6) is 1.64. The van der Waals surface area contributed by atoms with E-state index >= 15 is 0 Å². The SMILES string of the molecule is CCOc1ccc2cccc(NC(=O)c3cc(C)oc3C)c2n1. The summed E-state index contributed by atoms with van der Waals surface area (Å²) in [7, 11) is 0. The Kier molecular flexibility index (Phi) is 4.02. The highest BCUT2D eigenvalue weighted by Crippen LogP contribution is 2.25. The van der Waals surface area contributed by atoms with Gasteiger partial charge in [-0.25, -0.2) is 4.98 Å². The summed E-state index contributed by atoms with van der Waals surface area (Å²) in [5, 5.41) is 3.84. The van der Waals surface area contributed by atoms with E-state index in [1.807, 2.05) is 44.2 Å². The minimum Gasteiger partial charge on any atom is -0.478 e. The van der Waals surface area contributed by atoms with Crippen LogP contribution in [-0.2, 0) is 0 Å². The summed E-state index contributed by atoms with van der Waals surface area (Å²) in [4.78, 5) is 17.0. The molecule has 23 heavy (non-hydrogen) atoms. The fourth-order valence-corrected chi connectivity index (χ4v) is 2.50. The molecule has 2 heterocycles. The van der Waals surface area contributed by atoms with Gasteiger partial charge in [0.1, 0.15) is 11.5 Å². The fourth-order valence-electron chi connectivity index (χ4n) is 2.50. The van der Waals surface area contributed by atoms with E-state index in [4.69, 9.17) is 9.15 Å². The molecule has 0 atom stereocenters. The zero-order chi connectivity index (χ0) is 16.4. The summed E-state index contributed by atoms with van der Waals surface area (Å²) < 4.78 is 10.9. The maximum atomic E-state index is 12.5. The standard InChI is InChI=1S/C18H18N2O3/c1-4-22-16-9-8-13-6-5-7-15(17(13)20-16)19-18(21)14-10-11(2)23-12(14)3/h5-10H,4H2,1-3H3,(H,19,21). The smallest absolute Gasteiger partial charge is 0.259 e. The van der Waals surface area contributed by atoms with Crippen LogP contribution in [0.2, 0.25) is 0 Å². The second kappa shape index (κ2) is 6.12. The number of pyridine rings is 1. The number of aryl methyl sites for hydroxylation is 2. The lowest BCUT2D eigenvalue weighted by Gasteiger charge is -2.09. The first kappa shape index (κ1) is 15.1. The molecular weight excluding hydrogens is 292 g/mol. The van der Waals surface area contributed by atoms with Crippen LogP contribution in [0.4, 0.5) is 5.69 Å². The maximum Gasteiger partial charge on any atom is 0.259 e. The lowest BCUT2D eigenvalue weighted by atomic mass is 10.1. The molecule has 2 aromatic heterocycles. The molecular formula is C18H18N2O3. The Morgan fingerprint density at radius 2 is 2.09 bits per heavy atom. The van der Waals surface area contributed by atoms with Crippen LogP contribution in [0, 0.1) is 13.8 Å². The van der Waals surface area contributed by atoms with Gasteiger partial charge < -0.3 is 14.5 Å². The van der Waals surface area contributed by atoms with Crippen LogP contribution in [0.3, 0.4) is 0 Å². The van der Waals surface area contributed by atoms with E-state index in [9.17, 15) is 4.79 Å². The van der Waals surface area contributed by atoms with Gasteiger partial charge in [0.15, 0.2) is 0 Å². The molecule has 0 aliphatic rings. The zero-order valence-electron chi connectivity index (χ0n) is 13.3. The molecule has 3 rings (SSSR count). The Hall–Kier alpha value is -2.82. The molecule has 0 fully saturated rings. The number of nitrogens with zero attached hydrogens (tertiary/aromatic N) is 1. The van der Waals surface area contributed by atoms with Crippen LogP contribution in [0.25, 0.3) is 10.9 Å². The van der Waals surface area contributed by atoms with Gasteiger partial charge in [0.2, 0.25) is 5.88 Å². The Balaban J connectivity index is 1.97. The number of aromatic nitrogens is 1. The molecule has 0 bridgehead atoms. The Bertz CT molecular complexity index is 868. The highest BCUT2D eigenvalue weighted by atomic mass is 16.5. The lowest BCUT2D eigenvalue weighted by molar-refractivity contribution is 0.102. The summed E-state index contributed by atoms with van der Waals surface area (Å²) in [5.41, 5.74) is 1.87. The largest absolute Gasteiger partial charge is 0.478 e. The molecule has 0 aliphatic heterocycles. The molecule has 0 spiro atoms. The number of furan rings is 1. The second-order valence-corrected chi connectivity index (χ2v) is 5.24. The van der Waals surface area contributed by atoms with Crippen LogP contribution in [0.5, 0.6) is 5.88 Å². The van der Waals surface area contributed by atoms with Gasteiger partial charge in [-0.3, -0.25) is 4.79 Å². The second-order valence-electron chi connectivity index (χ2n) is 5.24. The van der Waals surface area contributed by atoms with Crippen LogP contribution in [-0.4, -0.2) is 17.5 Å². The molecule has 118 valence electrons. The van der Waals surface area contributed by atoms with Crippen molar-refractivity contribution >= 4 is 22.5 Å². The van der Waals surface area contributed by atoms with Crippen molar-refractivity contribution < 1.29 is 13.9 Å². The van der Waals surface area contributed by atoms with Crippen molar-refractivity contribution in [1.82, 2.24) is 4.98 Å². The predicted molar refractivity (Wildman–Crippen MR) is 89.0 cm³/mol. The van der Waals surface area contributed by atoms with Gasteiger partial charge >= 0.3 is 0 Å². The number of amides is 1. The van der Waals surface area contributed by atoms with E-state index in [1.54, 1.807) is 13.0 Å². The van der Waals surface area contributed by atoms with Gasteiger partial charge in [0.05, 0.1) is 23.4 Å². The van der Waals surface area contributed by atoms with Gasteiger partial charge in [-0.15, -0.1) is 0 Å². The molecule has 0 saturated carbocycles. The highest BCUT2D eigenvalue weighted by molar-refractivity contribution is 6.08. The normalized spacial score (nSPS) is 10.7. The summed E-state index contributed by atoms with van der Waals surface area (Å²) >= 11 is 0. The molecule has 1 N–H and O–H groups in total. The molecule has 5 heteroatoms. The number of ether oxygens (including phenoxy) is 1. The quantitative estimate of drug-likeness (QED) is 0.788. The number of nitrogens with one attached hydrogen (secondary N) is 1. The number of hydrogen-bond acceptors (Lipinski definition) is 4. The van der Waals surface area contributed by atoms with Crippen molar-refractivity contribution in [3.8, 4) is 5.88 Å². The van der Waals surface area contributed by atoms with Crippen molar-refractivity contribution in [2.24, 2.45) is 0 Å². The van der Waals surface area contributed by atoms with Crippen molar-refractivity contribution in [3.63, 3.8) is 0 Å². The minimum absolute atomic E-state index is 0.213. The van der Waals surface area contributed by atoms with E-state index < -0.39 is 0 Å². The average molecular weight is 310 g/mol. The third-order valence-electron chi connectivity index (χ3n) is 3.52. The van der Waals surface area contributed by atoms with Crippen molar-refractivity contribution in [2.75, 3.05) is 11.9 Å².